The molecule has 0 fully saturated rings. The average Bonchev–Trinajstić information content (AvgIpc) is 3.28. The maximum atomic E-state index is 12.1. The Balaban J connectivity index is 1.74. The lowest BCUT2D eigenvalue weighted by Crippen LogP contribution is -1.98. The largest absolute Gasteiger partial charge is 0.506 e. The number of rotatable bonds is 3. The molecule has 8 aromatic rings. The van der Waals surface area contributed by atoms with Gasteiger partial charge in [-0.1, -0.05) is 0 Å². The monoisotopic (exact) mass is 922 g/mol. The summed E-state index contributed by atoms with van der Waals surface area (Å²) in [6, 6.07) is 0. The van der Waals surface area contributed by atoms with Crippen LogP contribution in [0, 0.1) is 0 Å². The quantitative estimate of drug-likeness (QED) is 0.0683. The van der Waals surface area contributed by atoms with Crippen molar-refractivity contribution in [1.29, 1.82) is 0 Å². The third kappa shape index (κ3) is 4.70. The van der Waals surface area contributed by atoms with Crippen LogP contribution < -0.4 is 0 Å². The number of phenolic OH excluding ortho intramolecular Hbond substituents is 26. The van der Waals surface area contributed by atoms with Crippen molar-refractivity contribution in [1.82, 2.24) is 0 Å². The summed E-state index contributed by atoms with van der Waals surface area (Å²) in [7, 11) is 0. The van der Waals surface area contributed by atoms with Gasteiger partial charge in [0.05, 0.1) is 32.8 Å². The Hall–Kier alpha value is -10.4. The molecular formula is C40H26O26. The summed E-state index contributed by atoms with van der Waals surface area (Å²) in [4.78, 5) is 0. The third-order valence-electron chi connectivity index (χ3n) is 11.1. The van der Waals surface area contributed by atoms with Gasteiger partial charge >= 0.3 is 0 Å². The van der Waals surface area contributed by atoms with Gasteiger partial charge in [0.1, 0.15) is 11.5 Å². The SMILES string of the molecule is Oc1c(O)c(-c2c(O)c(O)c3c(O)c(O)c(O)c(O)c3c2O)c(O)c(-c2c3c(O)c(O)c(O)c(O)c3c(-c3c(O)c(O)c(O)c4c(O)c(O)c(O)c(O)c34)c3c(O)c(O)c(O)c(O)c23)c1O. The molecule has 0 unspecified atom stereocenters. The van der Waals surface area contributed by atoms with E-state index >= 15 is 0 Å². The first-order valence-electron chi connectivity index (χ1n) is 17.6. The van der Waals surface area contributed by atoms with E-state index in [9.17, 15) is 133 Å². The van der Waals surface area contributed by atoms with E-state index in [2.05, 4.69) is 0 Å². The number of benzene rings is 8. The van der Waals surface area contributed by atoms with Crippen molar-refractivity contribution < 1.29 is 133 Å². The number of fused-ring (bicyclic) bond motifs is 4. The standard InChI is InChI=1S/C40H26O26/c41-15-9(25(51)32(58)28(54)12(15)11-16(42)13-14(24(50)23(11)49)30(56)40(66)39(65)29(13)55)2-6-3(18(44)33(59)35(61)20(6)46)1(4-7(2)21(47)36(62)34(60)19(4)45)5-8-10(26(52)31(57)17(5)43)27(53)38(64)37(63)22(8)48/h41-66H. The zero-order chi connectivity index (χ0) is 49.1. The van der Waals surface area contributed by atoms with Gasteiger partial charge in [0.15, 0.2) is 80.5 Å². The molecule has 0 atom stereocenters. The fourth-order valence-corrected chi connectivity index (χ4v) is 8.04. The normalized spacial score (nSPS) is 11.7. The smallest absolute Gasteiger partial charge is 0.205 e. The van der Waals surface area contributed by atoms with Crippen LogP contribution >= 0.6 is 0 Å². The highest BCUT2D eigenvalue weighted by Gasteiger charge is 2.40. The number of phenols is 26. The van der Waals surface area contributed by atoms with Gasteiger partial charge in [0, 0.05) is 43.6 Å². The molecule has 0 radical (unpaired) electrons. The first kappa shape index (κ1) is 42.3. The Morgan fingerprint density at radius 3 is 0.576 bits per heavy atom. The molecule has 26 N–H and O–H groups in total. The molecule has 0 bridgehead atoms. The average molecular weight is 923 g/mol. The summed E-state index contributed by atoms with van der Waals surface area (Å²) >= 11 is 0. The topological polar surface area (TPSA) is 526 Å². The fraction of sp³-hybridized carbons (Fsp3) is 0. The van der Waals surface area contributed by atoms with Crippen LogP contribution in [0.2, 0.25) is 0 Å². The Bertz CT molecular complexity index is 3560. The minimum Gasteiger partial charge on any atom is -0.506 e. The first-order valence-corrected chi connectivity index (χ1v) is 17.6. The van der Waals surface area contributed by atoms with Crippen molar-refractivity contribution >= 4 is 43.1 Å². The molecule has 0 spiro atoms. The summed E-state index contributed by atoms with van der Waals surface area (Å²) in [6.45, 7) is 0. The Kier molecular flexibility index (Phi) is 8.37. The molecule has 26 heteroatoms. The molecule has 66 heavy (non-hydrogen) atoms. The van der Waals surface area contributed by atoms with Crippen LogP contribution in [0.3, 0.4) is 0 Å². The van der Waals surface area contributed by atoms with Gasteiger partial charge in [-0.05, 0) is 0 Å². The van der Waals surface area contributed by atoms with Crippen molar-refractivity contribution in [3.63, 3.8) is 0 Å². The van der Waals surface area contributed by atoms with Gasteiger partial charge in [0.2, 0.25) is 57.5 Å². The Morgan fingerprint density at radius 2 is 0.242 bits per heavy atom. The lowest BCUT2D eigenvalue weighted by atomic mass is 9.80. The van der Waals surface area contributed by atoms with Crippen molar-refractivity contribution in [2.75, 3.05) is 0 Å². The Labute approximate surface area is 358 Å². The number of aromatic hydroxyl groups is 26. The second-order valence-corrected chi connectivity index (χ2v) is 14.3. The lowest BCUT2D eigenvalue weighted by Gasteiger charge is -2.25. The fourth-order valence-electron chi connectivity index (χ4n) is 8.04. The maximum absolute atomic E-state index is 12.1. The van der Waals surface area contributed by atoms with Crippen LogP contribution in [0.5, 0.6) is 149 Å². The number of hydrogen-bond donors (Lipinski definition) is 26. The molecule has 0 saturated carbocycles. The van der Waals surface area contributed by atoms with Crippen molar-refractivity contribution in [2.24, 2.45) is 0 Å². The highest BCUT2D eigenvalue weighted by Crippen LogP contribution is 2.70. The lowest BCUT2D eigenvalue weighted by molar-refractivity contribution is 0.347. The van der Waals surface area contributed by atoms with Gasteiger partial charge in [0.25, 0.3) is 0 Å². The zero-order valence-corrected chi connectivity index (χ0v) is 31.6. The van der Waals surface area contributed by atoms with E-state index in [0.717, 1.165) is 0 Å². The summed E-state index contributed by atoms with van der Waals surface area (Å²) in [5.41, 5.74) is -9.09. The summed E-state index contributed by atoms with van der Waals surface area (Å²) < 4.78 is 0. The van der Waals surface area contributed by atoms with Gasteiger partial charge in [-0.15, -0.1) is 0 Å². The maximum Gasteiger partial charge on any atom is 0.205 e. The molecule has 26 nitrogen and oxygen atoms in total. The van der Waals surface area contributed by atoms with E-state index in [1.165, 1.54) is 0 Å². The van der Waals surface area contributed by atoms with E-state index in [1.807, 2.05) is 0 Å². The van der Waals surface area contributed by atoms with E-state index in [4.69, 9.17) is 0 Å². The van der Waals surface area contributed by atoms with Crippen LogP contribution in [0.15, 0.2) is 0 Å². The zero-order valence-electron chi connectivity index (χ0n) is 31.6. The molecule has 8 aromatic carbocycles. The highest BCUT2D eigenvalue weighted by molar-refractivity contribution is 6.33. The van der Waals surface area contributed by atoms with Gasteiger partial charge in [-0.25, -0.2) is 0 Å². The highest BCUT2D eigenvalue weighted by atomic mass is 16.4. The minimum absolute atomic E-state index is 1.22. The van der Waals surface area contributed by atoms with Crippen LogP contribution in [0.4, 0.5) is 0 Å². The molecule has 342 valence electrons. The third-order valence-corrected chi connectivity index (χ3v) is 11.1. The van der Waals surface area contributed by atoms with Gasteiger partial charge < -0.3 is 133 Å². The molecule has 0 aliphatic carbocycles. The van der Waals surface area contributed by atoms with Crippen LogP contribution in [0.1, 0.15) is 0 Å². The first-order chi connectivity index (χ1) is 30.7. The van der Waals surface area contributed by atoms with Crippen molar-refractivity contribution in [3.05, 3.63) is 0 Å². The van der Waals surface area contributed by atoms with E-state index in [1.54, 1.807) is 0 Å². The molecule has 0 heterocycles. The van der Waals surface area contributed by atoms with Crippen LogP contribution in [-0.4, -0.2) is 133 Å². The van der Waals surface area contributed by atoms with Crippen molar-refractivity contribution in [3.8, 4) is 183 Å². The summed E-state index contributed by atoms with van der Waals surface area (Å²) in [6.07, 6.45) is 0. The second kappa shape index (κ2) is 13.1. The molecule has 0 aromatic heterocycles. The minimum atomic E-state index is -1.89. The summed E-state index contributed by atoms with van der Waals surface area (Å²) in [5, 5.41) is 276. The molecular weight excluding hydrogens is 896 g/mol. The second-order valence-electron chi connectivity index (χ2n) is 14.3. The molecule has 0 aliphatic heterocycles. The number of hydrogen-bond acceptors (Lipinski definition) is 26. The molecule has 0 aliphatic rings. The predicted octanol–water partition coefficient (Wildman–Crippen LogP) is 3.65. The summed E-state index contributed by atoms with van der Waals surface area (Å²) in [5.74, 6) is -44.6. The van der Waals surface area contributed by atoms with Crippen molar-refractivity contribution in [2.45, 2.75) is 0 Å². The Morgan fingerprint density at radius 1 is 0.0909 bits per heavy atom. The van der Waals surface area contributed by atoms with E-state index < -0.39 is 226 Å². The van der Waals surface area contributed by atoms with E-state index in [0.29, 0.717) is 0 Å². The predicted molar refractivity (Wildman–Crippen MR) is 216 cm³/mol. The van der Waals surface area contributed by atoms with Gasteiger partial charge in [-0.3, -0.25) is 0 Å². The van der Waals surface area contributed by atoms with E-state index in [-0.39, 0.29) is 0 Å². The van der Waals surface area contributed by atoms with Gasteiger partial charge in [-0.2, -0.15) is 0 Å². The molecule has 0 amide bonds. The molecule has 8 rings (SSSR count). The van der Waals surface area contributed by atoms with Crippen LogP contribution in [0.25, 0.3) is 76.5 Å². The molecule has 0 saturated heterocycles. The van der Waals surface area contributed by atoms with Crippen LogP contribution in [-0.2, 0) is 0 Å².